The molecule has 0 aliphatic rings. The molecule has 1 aromatic rings. The van der Waals surface area contributed by atoms with E-state index in [4.69, 9.17) is 11.6 Å². The first kappa shape index (κ1) is 12.0. The van der Waals surface area contributed by atoms with Crippen LogP contribution in [-0.2, 0) is 0 Å². The molecule has 0 saturated carbocycles. The first-order chi connectivity index (χ1) is 6.65. The molecule has 1 amide bonds. The lowest BCUT2D eigenvalue weighted by Crippen LogP contribution is -2.25. The fourth-order valence-electron chi connectivity index (χ4n) is 0.928. The molecule has 0 heterocycles. The predicted octanol–water partition coefficient (Wildman–Crippen LogP) is 3.18. The summed E-state index contributed by atoms with van der Waals surface area (Å²) in [7, 11) is 0. The van der Waals surface area contributed by atoms with Gasteiger partial charge in [0.2, 0.25) is 0 Å². The van der Waals surface area contributed by atoms with Crippen LogP contribution in [0.4, 0.5) is 0 Å². The summed E-state index contributed by atoms with van der Waals surface area (Å²) >= 11 is 12.1. The van der Waals surface area contributed by atoms with Gasteiger partial charge in [0.25, 0.3) is 5.91 Å². The van der Waals surface area contributed by atoms with Gasteiger partial charge >= 0.3 is 0 Å². The van der Waals surface area contributed by atoms with Gasteiger partial charge in [0, 0.05) is 21.4 Å². The van der Waals surface area contributed by atoms with Crippen molar-refractivity contribution < 1.29 is 4.79 Å². The first-order valence-corrected chi connectivity index (χ1v) is 6.06. The summed E-state index contributed by atoms with van der Waals surface area (Å²) in [4.78, 5) is 11.6. The van der Waals surface area contributed by atoms with E-state index in [9.17, 15) is 4.79 Å². The van der Waals surface area contributed by atoms with Crippen molar-refractivity contribution in [1.29, 1.82) is 0 Å². The molecule has 0 atom stereocenters. The summed E-state index contributed by atoms with van der Waals surface area (Å²) in [5, 5.41) is 2.69. The molecule has 0 aromatic heterocycles. The molecule has 0 spiro atoms. The topological polar surface area (TPSA) is 29.1 Å². The standard InChI is InChI=1S/C9H8Br2ClNO/c10-6-1-2-8(11)7(5-6)9(14)13-4-3-12/h1-2,5H,3-4H2,(H,13,14). The Labute approximate surface area is 104 Å². The van der Waals surface area contributed by atoms with E-state index in [2.05, 4.69) is 37.2 Å². The number of carbonyl (C=O) groups is 1. The van der Waals surface area contributed by atoms with Gasteiger partial charge < -0.3 is 5.32 Å². The highest BCUT2D eigenvalue weighted by Gasteiger charge is 2.09. The van der Waals surface area contributed by atoms with E-state index in [0.717, 1.165) is 8.95 Å². The lowest BCUT2D eigenvalue weighted by molar-refractivity contribution is 0.0955. The molecule has 0 fully saturated rings. The normalized spacial score (nSPS) is 9.93. The molecule has 14 heavy (non-hydrogen) atoms. The van der Waals surface area contributed by atoms with Crippen LogP contribution in [0.1, 0.15) is 10.4 Å². The molecule has 0 aliphatic heterocycles. The van der Waals surface area contributed by atoms with E-state index >= 15 is 0 Å². The minimum atomic E-state index is -0.126. The highest BCUT2D eigenvalue weighted by atomic mass is 79.9. The van der Waals surface area contributed by atoms with Crippen molar-refractivity contribution in [2.24, 2.45) is 0 Å². The zero-order valence-corrected chi connectivity index (χ0v) is 11.1. The average Bonchev–Trinajstić information content (AvgIpc) is 2.18. The maximum atomic E-state index is 11.6. The summed E-state index contributed by atoms with van der Waals surface area (Å²) in [6.07, 6.45) is 0. The molecule has 2 nitrogen and oxygen atoms in total. The van der Waals surface area contributed by atoms with E-state index in [1.54, 1.807) is 6.07 Å². The van der Waals surface area contributed by atoms with Crippen molar-refractivity contribution >= 4 is 49.4 Å². The maximum absolute atomic E-state index is 11.6. The molecule has 0 unspecified atom stereocenters. The number of benzene rings is 1. The SMILES string of the molecule is O=C(NCCCl)c1cc(Br)ccc1Br. The number of amides is 1. The molecular weight excluding hydrogens is 333 g/mol. The maximum Gasteiger partial charge on any atom is 0.252 e. The quantitative estimate of drug-likeness (QED) is 0.841. The number of nitrogens with one attached hydrogen (secondary N) is 1. The van der Waals surface area contributed by atoms with Crippen LogP contribution in [0.5, 0.6) is 0 Å². The summed E-state index contributed by atoms with van der Waals surface area (Å²) < 4.78 is 1.64. The van der Waals surface area contributed by atoms with Gasteiger partial charge in [-0.2, -0.15) is 0 Å². The average molecular weight is 341 g/mol. The molecule has 5 heteroatoms. The van der Waals surface area contributed by atoms with Crippen LogP contribution in [0.15, 0.2) is 27.1 Å². The third-order valence-electron chi connectivity index (χ3n) is 1.55. The number of hydrogen-bond donors (Lipinski definition) is 1. The zero-order chi connectivity index (χ0) is 10.6. The Morgan fingerprint density at radius 3 is 2.79 bits per heavy atom. The van der Waals surface area contributed by atoms with Crippen molar-refractivity contribution in [2.45, 2.75) is 0 Å². The monoisotopic (exact) mass is 339 g/mol. The van der Waals surface area contributed by atoms with Crippen LogP contribution >= 0.6 is 43.5 Å². The summed E-state index contributed by atoms with van der Waals surface area (Å²) in [5.41, 5.74) is 0.601. The minimum Gasteiger partial charge on any atom is -0.351 e. The summed E-state index contributed by atoms with van der Waals surface area (Å²) in [6.45, 7) is 0.472. The largest absolute Gasteiger partial charge is 0.351 e. The highest BCUT2D eigenvalue weighted by Crippen LogP contribution is 2.21. The molecule has 1 rings (SSSR count). The van der Waals surface area contributed by atoms with Gasteiger partial charge in [0.15, 0.2) is 0 Å². The second-order valence-electron chi connectivity index (χ2n) is 2.57. The molecular formula is C9H8Br2ClNO. The Bertz CT molecular complexity index is 344. The number of alkyl halides is 1. The summed E-state index contributed by atoms with van der Waals surface area (Å²) in [5.74, 6) is 0.288. The lowest BCUT2D eigenvalue weighted by Gasteiger charge is -2.05. The molecule has 1 aromatic carbocycles. The molecule has 0 bridgehead atoms. The van der Waals surface area contributed by atoms with Crippen LogP contribution < -0.4 is 5.32 Å². The van der Waals surface area contributed by atoms with Crippen molar-refractivity contribution in [3.63, 3.8) is 0 Å². The number of hydrogen-bond acceptors (Lipinski definition) is 1. The molecule has 0 aliphatic carbocycles. The Morgan fingerprint density at radius 2 is 2.14 bits per heavy atom. The van der Waals surface area contributed by atoms with E-state index in [-0.39, 0.29) is 5.91 Å². The van der Waals surface area contributed by atoms with Gasteiger partial charge in [-0.15, -0.1) is 11.6 Å². The summed E-state index contributed by atoms with van der Waals surface area (Å²) in [6, 6.07) is 5.44. The van der Waals surface area contributed by atoms with Crippen molar-refractivity contribution in [3.05, 3.63) is 32.7 Å². The van der Waals surface area contributed by atoms with Crippen LogP contribution in [0, 0.1) is 0 Å². The van der Waals surface area contributed by atoms with Crippen LogP contribution in [0.3, 0.4) is 0 Å². The van der Waals surface area contributed by atoms with Gasteiger partial charge in [-0.3, -0.25) is 4.79 Å². The van der Waals surface area contributed by atoms with Crippen molar-refractivity contribution in [2.75, 3.05) is 12.4 Å². The Balaban J connectivity index is 2.83. The molecule has 1 N–H and O–H groups in total. The Kier molecular flexibility index (Phi) is 4.92. The van der Waals surface area contributed by atoms with Crippen LogP contribution in [0.2, 0.25) is 0 Å². The zero-order valence-electron chi connectivity index (χ0n) is 7.19. The van der Waals surface area contributed by atoms with Crippen LogP contribution in [0.25, 0.3) is 0 Å². The van der Waals surface area contributed by atoms with Crippen molar-refractivity contribution in [1.82, 2.24) is 5.32 Å². The fraction of sp³-hybridized carbons (Fsp3) is 0.222. The minimum absolute atomic E-state index is 0.126. The Morgan fingerprint density at radius 1 is 1.43 bits per heavy atom. The second kappa shape index (κ2) is 5.73. The van der Waals surface area contributed by atoms with Gasteiger partial charge in [0.05, 0.1) is 5.56 Å². The number of carbonyl (C=O) groups excluding carboxylic acids is 1. The predicted molar refractivity (Wildman–Crippen MR) is 64.9 cm³/mol. The first-order valence-electron chi connectivity index (χ1n) is 3.94. The molecule has 0 saturated heterocycles. The van der Waals surface area contributed by atoms with Crippen molar-refractivity contribution in [3.8, 4) is 0 Å². The number of halogens is 3. The highest BCUT2D eigenvalue weighted by molar-refractivity contribution is 9.11. The Hall–Kier alpha value is -0.0600. The third-order valence-corrected chi connectivity index (χ3v) is 2.93. The van der Waals surface area contributed by atoms with E-state index in [1.807, 2.05) is 12.1 Å². The number of rotatable bonds is 3. The lowest BCUT2D eigenvalue weighted by atomic mass is 10.2. The van der Waals surface area contributed by atoms with Gasteiger partial charge in [-0.25, -0.2) is 0 Å². The van der Waals surface area contributed by atoms with Gasteiger partial charge in [-0.05, 0) is 34.1 Å². The van der Waals surface area contributed by atoms with Crippen LogP contribution in [-0.4, -0.2) is 18.3 Å². The smallest absolute Gasteiger partial charge is 0.252 e. The van der Waals surface area contributed by atoms with E-state index in [0.29, 0.717) is 18.0 Å². The third kappa shape index (κ3) is 3.26. The second-order valence-corrected chi connectivity index (χ2v) is 4.72. The van der Waals surface area contributed by atoms with Gasteiger partial charge in [-0.1, -0.05) is 15.9 Å². The molecule has 76 valence electrons. The molecule has 0 radical (unpaired) electrons. The van der Waals surface area contributed by atoms with Gasteiger partial charge in [0.1, 0.15) is 0 Å². The fourth-order valence-corrected chi connectivity index (χ4v) is 1.81. The van der Waals surface area contributed by atoms with E-state index < -0.39 is 0 Å². The van der Waals surface area contributed by atoms with E-state index in [1.165, 1.54) is 0 Å².